The fourth-order valence-electron chi connectivity index (χ4n) is 1.68. The lowest BCUT2D eigenvalue weighted by molar-refractivity contribution is 0.222. The predicted octanol–water partition coefficient (Wildman–Crippen LogP) is 0.976. The van der Waals surface area contributed by atoms with Crippen molar-refractivity contribution in [1.29, 1.82) is 0 Å². The third kappa shape index (κ3) is 4.25. The maximum Gasteiger partial charge on any atom is 0.323 e. The number of hydrogen-bond acceptors (Lipinski definition) is 8. The van der Waals surface area contributed by atoms with Crippen LogP contribution in [0.1, 0.15) is 19.4 Å². The molecule has 0 unspecified atom stereocenters. The topological polar surface area (TPSA) is 102 Å². The molecular weight excluding hydrogens is 270 g/mol. The van der Waals surface area contributed by atoms with E-state index < -0.39 is 0 Å². The predicted molar refractivity (Wildman–Crippen MR) is 79.7 cm³/mol. The van der Waals surface area contributed by atoms with Crippen LogP contribution in [0.5, 0.6) is 6.01 Å². The quantitative estimate of drug-likeness (QED) is 0.599. The van der Waals surface area contributed by atoms with E-state index in [1.165, 1.54) is 0 Å². The fourth-order valence-corrected chi connectivity index (χ4v) is 1.68. The SMILES string of the molecule is CC(C)Oc1nc(NN)nc(N(C)Cc2cccnc2)n1. The third-order valence-electron chi connectivity index (χ3n) is 2.56. The third-order valence-corrected chi connectivity index (χ3v) is 2.56. The van der Waals surface area contributed by atoms with Crippen LogP contribution >= 0.6 is 0 Å². The van der Waals surface area contributed by atoms with Gasteiger partial charge in [0.1, 0.15) is 0 Å². The summed E-state index contributed by atoms with van der Waals surface area (Å²) in [6.07, 6.45) is 3.50. The second kappa shape index (κ2) is 6.80. The number of nitrogens with zero attached hydrogens (tertiary/aromatic N) is 5. The van der Waals surface area contributed by atoms with Crippen LogP contribution in [0.15, 0.2) is 24.5 Å². The molecule has 0 bridgehead atoms. The largest absolute Gasteiger partial charge is 0.461 e. The molecular formula is C13H19N7O. The Morgan fingerprint density at radius 1 is 1.33 bits per heavy atom. The summed E-state index contributed by atoms with van der Waals surface area (Å²) in [5.41, 5.74) is 3.47. The molecule has 8 heteroatoms. The summed E-state index contributed by atoms with van der Waals surface area (Å²) in [6, 6.07) is 4.11. The fraction of sp³-hybridized carbons (Fsp3) is 0.385. The van der Waals surface area contributed by atoms with Crippen molar-refractivity contribution >= 4 is 11.9 Å². The van der Waals surface area contributed by atoms with Crippen LogP contribution in [0.3, 0.4) is 0 Å². The number of pyridine rings is 1. The van der Waals surface area contributed by atoms with Crippen molar-refractivity contribution in [2.24, 2.45) is 5.84 Å². The number of nitrogen functional groups attached to an aromatic ring is 1. The van der Waals surface area contributed by atoms with Gasteiger partial charge in [0.15, 0.2) is 0 Å². The number of ether oxygens (including phenoxy) is 1. The first-order valence-electron chi connectivity index (χ1n) is 6.58. The number of rotatable bonds is 6. The van der Waals surface area contributed by atoms with E-state index in [-0.39, 0.29) is 18.1 Å². The van der Waals surface area contributed by atoms with Crippen molar-refractivity contribution in [2.45, 2.75) is 26.5 Å². The number of nitrogens with two attached hydrogens (primary N) is 1. The smallest absolute Gasteiger partial charge is 0.323 e. The molecule has 0 aliphatic heterocycles. The number of hydrogen-bond donors (Lipinski definition) is 2. The minimum Gasteiger partial charge on any atom is -0.461 e. The van der Waals surface area contributed by atoms with E-state index in [0.29, 0.717) is 12.5 Å². The first-order chi connectivity index (χ1) is 10.1. The Balaban J connectivity index is 2.21. The Morgan fingerprint density at radius 3 is 2.76 bits per heavy atom. The normalized spacial score (nSPS) is 10.5. The van der Waals surface area contributed by atoms with E-state index in [2.05, 4.69) is 25.4 Å². The number of anilines is 2. The Hall–Kier alpha value is -2.48. The Labute approximate surface area is 123 Å². The maximum atomic E-state index is 5.50. The van der Waals surface area contributed by atoms with Crippen LogP contribution in [0, 0.1) is 0 Å². The van der Waals surface area contributed by atoms with Crippen LogP contribution in [0.2, 0.25) is 0 Å². The highest BCUT2D eigenvalue weighted by molar-refractivity contribution is 5.37. The Kier molecular flexibility index (Phi) is 4.83. The van der Waals surface area contributed by atoms with Gasteiger partial charge in [-0.15, -0.1) is 0 Å². The lowest BCUT2D eigenvalue weighted by Crippen LogP contribution is -2.22. The number of aromatic nitrogens is 4. The zero-order valence-electron chi connectivity index (χ0n) is 12.3. The lowest BCUT2D eigenvalue weighted by Gasteiger charge is -2.18. The molecule has 0 aliphatic carbocycles. The molecule has 0 radical (unpaired) electrons. The van der Waals surface area contributed by atoms with E-state index >= 15 is 0 Å². The zero-order valence-corrected chi connectivity index (χ0v) is 12.3. The molecule has 2 rings (SSSR count). The van der Waals surface area contributed by atoms with Crippen LogP contribution in [-0.2, 0) is 6.54 Å². The number of hydrazine groups is 1. The molecule has 2 aromatic heterocycles. The molecule has 0 fully saturated rings. The average molecular weight is 289 g/mol. The molecule has 0 aromatic carbocycles. The van der Waals surface area contributed by atoms with Crippen molar-refractivity contribution in [3.8, 4) is 6.01 Å². The molecule has 8 nitrogen and oxygen atoms in total. The Bertz CT molecular complexity index is 576. The van der Waals surface area contributed by atoms with Gasteiger partial charge in [-0.05, 0) is 25.5 Å². The van der Waals surface area contributed by atoms with Gasteiger partial charge in [-0.3, -0.25) is 10.4 Å². The average Bonchev–Trinajstić information content (AvgIpc) is 2.47. The van der Waals surface area contributed by atoms with Crippen molar-refractivity contribution in [3.05, 3.63) is 30.1 Å². The molecule has 0 aliphatic rings. The van der Waals surface area contributed by atoms with Gasteiger partial charge in [0, 0.05) is 26.0 Å². The van der Waals surface area contributed by atoms with Crippen LogP contribution in [0.25, 0.3) is 0 Å². The molecule has 0 saturated heterocycles. The van der Waals surface area contributed by atoms with Gasteiger partial charge in [-0.25, -0.2) is 5.84 Å². The lowest BCUT2D eigenvalue weighted by atomic mass is 10.3. The summed E-state index contributed by atoms with van der Waals surface area (Å²) < 4.78 is 5.50. The highest BCUT2D eigenvalue weighted by Gasteiger charge is 2.12. The van der Waals surface area contributed by atoms with Gasteiger partial charge in [0.25, 0.3) is 0 Å². The van der Waals surface area contributed by atoms with Gasteiger partial charge in [0.05, 0.1) is 6.10 Å². The summed E-state index contributed by atoms with van der Waals surface area (Å²) in [6.45, 7) is 4.42. The number of nitrogens with one attached hydrogen (secondary N) is 1. The van der Waals surface area contributed by atoms with Crippen molar-refractivity contribution in [2.75, 3.05) is 17.4 Å². The summed E-state index contributed by atoms with van der Waals surface area (Å²) in [4.78, 5) is 18.5. The molecule has 112 valence electrons. The Morgan fingerprint density at radius 2 is 2.14 bits per heavy atom. The van der Waals surface area contributed by atoms with Crippen molar-refractivity contribution < 1.29 is 4.74 Å². The van der Waals surface area contributed by atoms with E-state index in [1.54, 1.807) is 12.4 Å². The molecule has 3 N–H and O–H groups in total. The standard InChI is InChI=1S/C13H19N7O/c1-9(2)21-13-17-11(19-14)16-12(18-13)20(3)8-10-5-4-6-15-7-10/h4-7,9H,8,14H2,1-3H3,(H,16,17,18,19). The molecule has 0 spiro atoms. The minimum absolute atomic E-state index is 0.0329. The molecule has 2 aromatic rings. The monoisotopic (exact) mass is 289 g/mol. The van der Waals surface area contributed by atoms with E-state index in [9.17, 15) is 0 Å². The highest BCUT2D eigenvalue weighted by atomic mass is 16.5. The minimum atomic E-state index is -0.0329. The van der Waals surface area contributed by atoms with Crippen molar-refractivity contribution in [3.63, 3.8) is 0 Å². The molecule has 0 amide bonds. The highest BCUT2D eigenvalue weighted by Crippen LogP contribution is 2.16. The maximum absolute atomic E-state index is 5.50. The van der Waals surface area contributed by atoms with E-state index in [1.807, 2.05) is 37.9 Å². The van der Waals surface area contributed by atoms with Crippen molar-refractivity contribution in [1.82, 2.24) is 19.9 Å². The van der Waals surface area contributed by atoms with Gasteiger partial charge in [0.2, 0.25) is 11.9 Å². The van der Waals surface area contributed by atoms with Crippen LogP contribution in [-0.4, -0.2) is 33.1 Å². The van der Waals surface area contributed by atoms with Crippen LogP contribution < -0.4 is 20.9 Å². The second-order valence-corrected chi connectivity index (χ2v) is 4.77. The van der Waals surface area contributed by atoms with Crippen LogP contribution in [0.4, 0.5) is 11.9 Å². The first-order valence-corrected chi connectivity index (χ1v) is 6.58. The molecule has 0 atom stereocenters. The molecule has 2 heterocycles. The summed E-state index contributed by atoms with van der Waals surface area (Å²) in [7, 11) is 1.88. The summed E-state index contributed by atoms with van der Waals surface area (Å²) in [5, 5.41) is 0. The zero-order chi connectivity index (χ0) is 15.2. The van der Waals surface area contributed by atoms with Gasteiger partial charge in [-0.2, -0.15) is 15.0 Å². The van der Waals surface area contributed by atoms with E-state index in [4.69, 9.17) is 10.6 Å². The van der Waals surface area contributed by atoms with Gasteiger partial charge < -0.3 is 9.64 Å². The first kappa shape index (κ1) is 14.9. The molecule has 0 saturated carbocycles. The van der Waals surface area contributed by atoms with Gasteiger partial charge in [-0.1, -0.05) is 6.07 Å². The summed E-state index contributed by atoms with van der Waals surface area (Å²) >= 11 is 0. The van der Waals surface area contributed by atoms with E-state index in [0.717, 1.165) is 5.56 Å². The second-order valence-electron chi connectivity index (χ2n) is 4.77. The molecule has 21 heavy (non-hydrogen) atoms. The van der Waals surface area contributed by atoms with Gasteiger partial charge >= 0.3 is 6.01 Å². The summed E-state index contributed by atoms with van der Waals surface area (Å²) in [5.74, 6) is 6.11.